The highest BCUT2D eigenvalue weighted by molar-refractivity contribution is 6.42. The Kier molecular flexibility index (Phi) is 2.84. The van der Waals surface area contributed by atoms with Crippen LogP contribution >= 0.6 is 23.2 Å². The lowest BCUT2D eigenvalue weighted by molar-refractivity contribution is -0.141. The van der Waals surface area contributed by atoms with E-state index in [0.29, 0.717) is 41.5 Å². The van der Waals surface area contributed by atoms with Crippen molar-refractivity contribution in [1.82, 2.24) is 4.90 Å². The van der Waals surface area contributed by atoms with E-state index in [-0.39, 0.29) is 18.4 Å². The topological polar surface area (TPSA) is 69.6 Å². The highest BCUT2D eigenvalue weighted by Gasteiger charge is 2.57. The van der Waals surface area contributed by atoms with Gasteiger partial charge in [0.05, 0.1) is 15.5 Å². The Balaban J connectivity index is 1.70. The van der Waals surface area contributed by atoms with Gasteiger partial charge >= 0.3 is 0 Å². The number of amides is 2. The molecular formula is C15H14Cl2N2O3. The first-order valence-corrected chi connectivity index (χ1v) is 7.94. The van der Waals surface area contributed by atoms with E-state index in [4.69, 9.17) is 23.2 Å². The molecule has 1 aromatic carbocycles. The number of fused-ring (bicyclic) bond motifs is 2. The number of carbonyl (C=O) groups is 2. The van der Waals surface area contributed by atoms with Crippen LogP contribution in [0.3, 0.4) is 0 Å². The molecule has 5 nitrogen and oxygen atoms in total. The lowest BCUT2D eigenvalue weighted by atomic mass is 9.81. The molecule has 116 valence electrons. The van der Waals surface area contributed by atoms with Crippen molar-refractivity contribution in [3.05, 3.63) is 27.7 Å². The van der Waals surface area contributed by atoms with E-state index in [2.05, 4.69) is 5.32 Å². The van der Waals surface area contributed by atoms with E-state index in [9.17, 15) is 14.7 Å². The van der Waals surface area contributed by atoms with E-state index in [0.717, 1.165) is 5.56 Å². The summed E-state index contributed by atoms with van der Waals surface area (Å²) in [5.74, 6) is -0.412. The smallest absolute Gasteiger partial charge is 0.254 e. The lowest BCUT2D eigenvalue weighted by Gasteiger charge is -2.24. The summed E-state index contributed by atoms with van der Waals surface area (Å²) in [4.78, 5) is 26.4. The number of nitrogens with zero attached hydrogens (tertiary/aromatic N) is 1. The van der Waals surface area contributed by atoms with Crippen LogP contribution in [0.2, 0.25) is 10.0 Å². The zero-order valence-electron chi connectivity index (χ0n) is 11.7. The molecule has 1 saturated heterocycles. The molecule has 1 saturated carbocycles. The first-order valence-electron chi connectivity index (χ1n) is 7.18. The molecule has 0 bridgehead atoms. The molecule has 2 amide bonds. The van der Waals surface area contributed by atoms with Crippen LogP contribution in [0, 0.1) is 0 Å². The average Bonchev–Trinajstić information content (AvgIpc) is 2.98. The maximum absolute atomic E-state index is 12.5. The summed E-state index contributed by atoms with van der Waals surface area (Å²) in [5, 5.41) is 13.6. The van der Waals surface area contributed by atoms with Gasteiger partial charge in [0.2, 0.25) is 5.91 Å². The third-order valence-corrected chi connectivity index (χ3v) is 5.66. The number of benzene rings is 1. The van der Waals surface area contributed by atoms with Gasteiger partial charge in [0, 0.05) is 18.8 Å². The SMILES string of the molecule is O=C(N1CC[C@]2(C1)C(=O)Nc1cc(Cl)c(Cl)cc12)C1(O)CC1. The van der Waals surface area contributed by atoms with Gasteiger partial charge in [-0.15, -0.1) is 0 Å². The van der Waals surface area contributed by atoms with Crippen LogP contribution in [-0.4, -0.2) is 40.5 Å². The fraction of sp³-hybridized carbons (Fsp3) is 0.467. The van der Waals surface area contributed by atoms with Gasteiger partial charge < -0.3 is 15.3 Å². The molecule has 7 heteroatoms. The molecule has 2 heterocycles. The number of likely N-dealkylation sites (tertiary alicyclic amines) is 1. The predicted molar refractivity (Wildman–Crippen MR) is 82.2 cm³/mol. The Hall–Kier alpha value is -1.30. The molecule has 2 N–H and O–H groups in total. The normalized spacial score (nSPS) is 28.0. The van der Waals surface area contributed by atoms with Gasteiger partial charge in [-0.25, -0.2) is 0 Å². The summed E-state index contributed by atoms with van der Waals surface area (Å²) in [6, 6.07) is 3.35. The number of hydrogen-bond acceptors (Lipinski definition) is 3. The minimum Gasteiger partial charge on any atom is -0.380 e. The summed E-state index contributed by atoms with van der Waals surface area (Å²) in [6.07, 6.45) is 1.52. The molecule has 2 fully saturated rings. The van der Waals surface area contributed by atoms with Crippen molar-refractivity contribution >= 4 is 40.7 Å². The average molecular weight is 341 g/mol. The Morgan fingerprint density at radius 1 is 1.23 bits per heavy atom. The summed E-state index contributed by atoms with van der Waals surface area (Å²) in [7, 11) is 0. The molecule has 0 aromatic heterocycles. The van der Waals surface area contributed by atoms with E-state index >= 15 is 0 Å². The molecule has 4 rings (SSSR count). The maximum Gasteiger partial charge on any atom is 0.254 e. The van der Waals surface area contributed by atoms with Crippen LogP contribution < -0.4 is 5.32 Å². The standard InChI is InChI=1S/C15H14Cl2N2O3/c16-9-5-8-11(6-10(9)17)18-12(20)14(8)3-4-19(7-14)13(21)15(22)1-2-15/h5-6,22H,1-4,7H2,(H,18,20)/t14-/m1/s1. The van der Waals surface area contributed by atoms with Gasteiger partial charge in [0.25, 0.3) is 5.91 Å². The predicted octanol–water partition coefficient (Wildman–Crippen LogP) is 1.94. The van der Waals surface area contributed by atoms with E-state index in [1.54, 1.807) is 17.0 Å². The lowest BCUT2D eigenvalue weighted by Crippen LogP contribution is -2.43. The summed E-state index contributed by atoms with van der Waals surface area (Å²) in [6.45, 7) is 0.721. The monoisotopic (exact) mass is 340 g/mol. The summed E-state index contributed by atoms with van der Waals surface area (Å²) < 4.78 is 0. The van der Waals surface area contributed by atoms with Crippen molar-refractivity contribution in [2.24, 2.45) is 0 Å². The Morgan fingerprint density at radius 3 is 2.59 bits per heavy atom. The van der Waals surface area contributed by atoms with Gasteiger partial charge in [-0.05, 0) is 37.0 Å². The number of nitrogens with one attached hydrogen (secondary N) is 1. The first kappa shape index (κ1) is 14.3. The van der Waals surface area contributed by atoms with Crippen LogP contribution in [0.1, 0.15) is 24.8 Å². The third kappa shape index (κ3) is 1.82. The minimum atomic E-state index is -1.21. The molecule has 1 aliphatic carbocycles. The van der Waals surface area contributed by atoms with Crippen LogP contribution in [0.25, 0.3) is 0 Å². The molecule has 1 aromatic rings. The van der Waals surface area contributed by atoms with Gasteiger partial charge in [0.1, 0.15) is 5.60 Å². The number of hydrogen-bond donors (Lipinski definition) is 2. The zero-order valence-corrected chi connectivity index (χ0v) is 13.2. The second kappa shape index (κ2) is 4.37. The molecule has 1 atom stereocenters. The summed E-state index contributed by atoms with van der Waals surface area (Å²) >= 11 is 12.1. The van der Waals surface area contributed by atoms with Gasteiger partial charge in [-0.3, -0.25) is 9.59 Å². The van der Waals surface area contributed by atoms with Crippen LogP contribution in [-0.2, 0) is 15.0 Å². The second-order valence-electron chi connectivity index (χ2n) is 6.36. The number of aliphatic hydroxyl groups is 1. The van der Waals surface area contributed by atoms with Crippen LogP contribution in [0.15, 0.2) is 12.1 Å². The fourth-order valence-electron chi connectivity index (χ4n) is 3.43. The number of rotatable bonds is 1. The molecule has 0 radical (unpaired) electrons. The van der Waals surface area contributed by atoms with Crippen molar-refractivity contribution in [1.29, 1.82) is 0 Å². The summed E-state index contributed by atoms with van der Waals surface area (Å²) in [5.41, 5.74) is -0.560. The number of anilines is 1. The Bertz CT molecular complexity index is 717. The van der Waals surface area contributed by atoms with Crippen molar-refractivity contribution in [3.8, 4) is 0 Å². The molecule has 0 unspecified atom stereocenters. The number of carbonyl (C=O) groups excluding carboxylic acids is 2. The van der Waals surface area contributed by atoms with Gasteiger partial charge in [-0.2, -0.15) is 0 Å². The maximum atomic E-state index is 12.5. The van der Waals surface area contributed by atoms with Crippen LogP contribution in [0.5, 0.6) is 0 Å². The van der Waals surface area contributed by atoms with E-state index < -0.39 is 11.0 Å². The fourth-order valence-corrected chi connectivity index (χ4v) is 3.75. The third-order valence-electron chi connectivity index (χ3n) is 4.94. The molecule has 22 heavy (non-hydrogen) atoms. The molecule has 2 aliphatic heterocycles. The Morgan fingerprint density at radius 2 is 1.91 bits per heavy atom. The first-order chi connectivity index (χ1) is 10.4. The molecule has 1 spiro atoms. The Labute approximate surface area is 137 Å². The van der Waals surface area contributed by atoms with Crippen molar-refractivity contribution in [3.63, 3.8) is 0 Å². The van der Waals surface area contributed by atoms with Crippen molar-refractivity contribution in [2.45, 2.75) is 30.3 Å². The quantitative estimate of drug-likeness (QED) is 0.820. The second-order valence-corrected chi connectivity index (χ2v) is 7.17. The largest absolute Gasteiger partial charge is 0.380 e. The van der Waals surface area contributed by atoms with E-state index in [1.807, 2.05) is 0 Å². The van der Waals surface area contributed by atoms with Crippen molar-refractivity contribution < 1.29 is 14.7 Å². The van der Waals surface area contributed by atoms with Gasteiger partial charge in [-0.1, -0.05) is 23.2 Å². The van der Waals surface area contributed by atoms with Gasteiger partial charge in [0.15, 0.2) is 0 Å². The van der Waals surface area contributed by atoms with Crippen molar-refractivity contribution in [2.75, 3.05) is 18.4 Å². The van der Waals surface area contributed by atoms with E-state index in [1.165, 1.54) is 0 Å². The molecular weight excluding hydrogens is 327 g/mol. The minimum absolute atomic E-state index is 0.140. The highest BCUT2D eigenvalue weighted by atomic mass is 35.5. The van der Waals surface area contributed by atoms with Crippen LogP contribution in [0.4, 0.5) is 5.69 Å². The highest BCUT2D eigenvalue weighted by Crippen LogP contribution is 2.48. The number of halogens is 2. The molecule has 3 aliphatic rings. The zero-order chi connectivity index (χ0) is 15.7.